The predicted molar refractivity (Wildman–Crippen MR) is 90.9 cm³/mol. The van der Waals surface area contributed by atoms with Crippen molar-refractivity contribution in [3.05, 3.63) is 67.7 Å². The summed E-state index contributed by atoms with van der Waals surface area (Å²) < 4.78 is 14.6. The molecule has 0 fully saturated rings. The number of halogens is 3. The van der Waals surface area contributed by atoms with Crippen LogP contribution in [0.3, 0.4) is 0 Å². The molecule has 0 aliphatic carbocycles. The van der Waals surface area contributed by atoms with Crippen LogP contribution in [0.25, 0.3) is 0 Å². The van der Waals surface area contributed by atoms with Gasteiger partial charge in [-0.05, 0) is 22.6 Å². The standard InChI is InChI=1S/C14H9Cl2FN6O3/c15-9-6-22(5-7-2-1-3-8(17)4-7)21-12(9)18-14(24)11-10(16)13(20-19-11)23(25)26/h1-4,6H,5H2,(H,19,20)(H,18,21,24). The molecule has 0 aliphatic rings. The summed E-state index contributed by atoms with van der Waals surface area (Å²) in [7, 11) is 0. The minimum Gasteiger partial charge on any atom is -0.358 e. The van der Waals surface area contributed by atoms with E-state index in [0.29, 0.717) is 5.56 Å². The van der Waals surface area contributed by atoms with E-state index < -0.39 is 21.7 Å². The van der Waals surface area contributed by atoms with Gasteiger partial charge in [0.25, 0.3) is 5.91 Å². The molecule has 0 spiro atoms. The van der Waals surface area contributed by atoms with Crippen LogP contribution >= 0.6 is 23.2 Å². The molecule has 0 saturated heterocycles. The normalized spacial score (nSPS) is 10.7. The summed E-state index contributed by atoms with van der Waals surface area (Å²) in [5.74, 6) is -1.80. The van der Waals surface area contributed by atoms with Crippen molar-refractivity contribution in [2.75, 3.05) is 5.32 Å². The van der Waals surface area contributed by atoms with Crippen LogP contribution < -0.4 is 5.32 Å². The second kappa shape index (κ2) is 7.10. The molecule has 2 N–H and O–H groups in total. The van der Waals surface area contributed by atoms with Crippen LogP contribution in [0.2, 0.25) is 10.0 Å². The van der Waals surface area contributed by atoms with E-state index in [-0.39, 0.29) is 28.9 Å². The maximum atomic E-state index is 13.2. The van der Waals surface area contributed by atoms with E-state index >= 15 is 0 Å². The molecule has 0 radical (unpaired) electrons. The van der Waals surface area contributed by atoms with Gasteiger partial charge in [0.2, 0.25) is 0 Å². The first-order valence-corrected chi connectivity index (χ1v) is 7.77. The van der Waals surface area contributed by atoms with Crippen molar-refractivity contribution in [1.29, 1.82) is 0 Å². The number of hydrogen-bond donors (Lipinski definition) is 2. The Kier molecular flexibility index (Phi) is 4.87. The maximum absolute atomic E-state index is 13.2. The van der Waals surface area contributed by atoms with Gasteiger partial charge in [0.05, 0.1) is 6.54 Å². The number of hydrogen-bond acceptors (Lipinski definition) is 5. The van der Waals surface area contributed by atoms with Crippen molar-refractivity contribution in [3.8, 4) is 0 Å². The van der Waals surface area contributed by atoms with Crippen LogP contribution in [0.5, 0.6) is 0 Å². The van der Waals surface area contributed by atoms with E-state index in [1.165, 1.54) is 23.0 Å². The van der Waals surface area contributed by atoms with E-state index in [1.807, 2.05) is 0 Å². The number of nitrogens with zero attached hydrogens (tertiary/aromatic N) is 4. The van der Waals surface area contributed by atoms with Gasteiger partial charge < -0.3 is 15.4 Å². The second-order valence-electron chi connectivity index (χ2n) is 5.10. The number of nitro groups is 1. The van der Waals surface area contributed by atoms with Crippen molar-refractivity contribution >= 4 is 40.7 Å². The van der Waals surface area contributed by atoms with E-state index in [4.69, 9.17) is 23.2 Å². The largest absolute Gasteiger partial charge is 0.362 e. The van der Waals surface area contributed by atoms with Crippen molar-refractivity contribution in [2.24, 2.45) is 0 Å². The van der Waals surface area contributed by atoms with Gasteiger partial charge >= 0.3 is 5.82 Å². The summed E-state index contributed by atoms with van der Waals surface area (Å²) >= 11 is 11.8. The Morgan fingerprint density at radius 2 is 2.19 bits per heavy atom. The summed E-state index contributed by atoms with van der Waals surface area (Å²) in [5, 5.41) is 22.5. The molecular formula is C14H9Cl2FN6O3. The monoisotopic (exact) mass is 398 g/mol. The Balaban J connectivity index is 1.77. The number of benzene rings is 1. The number of aromatic nitrogens is 4. The summed E-state index contributed by atoms with van der Waals surface area (Å²) in [6.45, 7) is 0.224. The van der Waals surface area contributed by atoms with Crippen LogP contribution in [0.1, 0.15) is 16.1 Å². The number of H-pyrrole nitrogens is 1. The number of nitrogens with one attached hydrogen (secondary N) is 2. The fourth-order valence-electron chi connectivity index (χ4n) is 2.14. The van der Waals surface area contributed by atoms with Gasteiger partial charge in [-0.3, -0.25) is 9.48 Å². The van der Waals surface area contributed by atoms with Gasteiger partial charge in [-0.2, -0.15) is 5.10 Å². The molecule has 0 unspecified atom stereocenters. The topological polar surface area (TPSA) is 119 Å². The zero-order valence-corrected chi connectivity index (χ0v) is 14.3. The lowest BCUT2D eigenvalue weighted by atomic mass is 10.2. The third-order valence-electron chi connectivity index (χ3n) is 3.27. The van der Waals surface area contributed by atoms with Crippen LogP contribution in [0.15, 0.2) is 30.5 Å². The fourth-order valence-corrected chi connectivity index (χ4v) is 2.58. The molecule has 0 bridgehead atoms. The van der Waals surface area contributed by atoms with Crippen LogP contribution in [0.4, 0.5) is 16.0 Å². The summed E-state index contributed by atoms with van der Waals surface area (Å²) in [6, 6.07) is 5.93. The first-order valence-electron chi connectivity index (χ1n) is 7.02. The fraction of sp³-hybridized carbons (Fsp3) is 0.0714. The van der Waals surface area contributed by atoms with Crippen molar-refractivity contribution in [2.45, 2.75) is 6.54 Å². The van der Waals surface area contributed by atoms with Crippen molar-refractivity contribution in [1.82, 2.24) is 20.0 Å². The van der Waals surface area contributed by atoms with Gasteiger partial charge in [0.15, 0.2) is 16.5 Å². The summed E-state index contributed by atoms with van der Waals surface area (Å²) in [6.07, 6.45) is 1.44. The van der Waals surface area contributed by atoms with Crippen LogP contribution in [-0.2, 0) is 6.54 Å². The average Bonchev–Trinajstić information content (AvgIpc) is 3.10. The molecule has 134 valence electrons. The number of amides is 1. The van der Waals surface area contributed by atoms with E-state index in [9.17, 15) is 19.3 Å². The lowest BCUT2D eigenvalue weighted by molar-refractivity contribution is -0.389. The lowest BCUT2D eigenvalue weighted by Gasteiger charge is -2.02. The molecule has 0 aliphatic heterocycles. The van der Waals surface area contributed by atoms with Gasteiger partial charge in [-0.15, -0.1) is 5.10 Å². The molecule has 0 atom stereocenters. The Hall–Kier alpha value is -2.98. The van der Waals surface area contributed by atoms with Crippen LogP contribution in [0, 0.1) is 15.9 Å². The minimum absolute atomic E-state index is 0.00906. The summed E-state index contributed by atoms with van der Waals surface area (Å²) in [5.41, 5.74) is 0.280. The Labute approximate surface area is 154 Å². The molecule has 12 heteroatoms. The molecule has 9 nitrogen and oxygen atoms in total. The molecule has 1 amide bonds. The van der Waals surface area contributed by atoms with Gasteiger partial charge in [0.1, 0.15) is 10.8 Å². The minimum atomic E-state index is -0.822. The van der Waals surface area contributed by atoms with Gasteiger partial charge in [-0.1, -0.05) is 40.4 Å². The number of carbonyl (C=O) groups is 1. The highest BCUT2D eigenvalue weighted by Crippen LogP contribution is 2.26. The van der Waals surface area contributed by atoms with Gasteiger partial charge in [-0.25, -0.2) is 4.39 Å². The quantitative estimate of drug-likeness (QED) is 0.504. The maximum Gasteiger partial charge on any atom is 0.362 e. The molecule has 2 aromatic heterocycles. The number of rotatable bonds is 5. The van der Waals surface area contributed by atoms with Crippen LogP contribution in [-0.4, -0.2) is 30.8 Å². The van der Waals surface area contributed by atoms with Crippen molar-refractivity contribution in [3.63, 3.8) is 0 Å². The SMILES string of the molecule is O=C(Nc1nn(Cc2cccc(F)c2)cc1Cl)c1n[nH]c([N+](=O)[O-])c1Cl. The Bertz CT molecular complexity index is 1000. The molecule has 26 heavy (non-hydrogen) atoms. The Morgan fingerprint density at radius 3 is 2.85 bits per heavy atom. The van der Waals surface area contributed by atoms with Crippen molar-refractivity contribution < 1.29 is 14.1 Å². The number of anilines is 1. The molecule has 2 heterocycles. The number of aromatic amines is 1. The van der Waals surface area contributed by atoms with E-state index in [0.717, 1.165) is 0 Å². The first kappa shape index (κ1) is 17.8. The molecule has 3 aromatic rings. The van der Waals surface area contributed by atoms with Gasteiger partial charge in [0, 0.05) is 6.20 Å². The molecule has 1 aromatic carbocycles. The lowest BCUT2D eigenvalue weighted by Crippen LogP contribution is -2.14. The van der Waals surface area contributed by atoms with E-state index in [1.54, 1.807) is 12.1 Å². The zero-order valence-electron chi connectivity index (χ0n) is 12.7. The highest BCUT2D eigenvalue weighted by molar-refractivity contribution is 6.36. The highest BCUT2D eigenvalue weighted by atomic mass is 35.5. The second-order valence-corrected chi connectivity index (χ2v) is 5.88. The third kappa shape index (κ3) is 3.65. The summed E-state index contributed by atoms with van der Waals surface area (Å²) in [4.78, 5) is 22.1. The molecule has 0 saturated carbocycles. The third-order valence-corrected chi connectivity index (χ3v) is 3.90. The predicted octanol–water partition coefficient (Wildman–Crippen LogP) is 3.26. The first-order chi connectivity index (χ1) is 12.3. The Morgan fingerprint density at radius 1 is 1.42 bits per heavy atom. The van der Waals surface area contributed by atoms with E-state index in [2.05, 4.69) is 20.6 Å². The molecular weight excluding hydrogens is 390 g/mol. The number of carbonyl (C=O) groups excluding carboxylic acids is 1. The zero-order chi connectivity index (χ0) is 18.8. The smallest absolute Gasteiger partial charge is 0.358 e. The highest BCUT2D eigenvalue weighted by Gasteiger charge is 2.26. The molecule has 3 rings (SSSR count). The average molecular weight is 399 g/mol.